The van der Waals surface area contributed by atoms with Crippen molar-refractivity contribution in [2.75, 3.05) is 39.3 Å². The summed E-state index contributed by atoms with van der Waals surface area (Å²) in [6, 6.07) is 1.43. The van der Waals surface area contributed by atoms with Crippen LogP contribution < -0.4 is 5.32 Å². The second kappa shape index (κ2) is 5.68. The normalized spacial score (nSPS) is 32.8. The van der Waals surface area contributed by atoms with Crippen LogP contribution in [-0.4, -0.2) is 71.9 Å². The Morgan fingerprint density at radius 2 is 1.89 bits per heavy atom. The van der Waals surface area contributed by atoms with Crippen LogP contribution in [0.5, 0.6) is 0 Å². The van der Waals surface area contributed by atoms with Gasteiger partial charge in [-0.2, -0.15) is 0 Å². The van der Waals surface area contributed by atoms with E-state index in [0.717, 1.165) is 12.6 Å². The van der Waals surface area contributed by atoms with Gasteiger partial charge in [-0.1, -0.05) is 0 Å². The fourth-order valence-corrected chi connectivity index (χ4v) is 3.72. The summed E-state index contributed by atoms with van der Waals surface area (Å²) in [6.45, 7) is 8.41. The Bertz CT molecular complexity index is 302. The number of hydrogen-bond donors (Lipinski definition) is 2. The van der Waals surface area contributed by atoms with Gasteiger partial charge in [0.25, 0.3) is 0 Å². The Morgan fingerprint density at radius 3 is 2.53 bits per heavy atom. The summed E-state index contributed by atoms with van der Waals surface area (Å²) in [5.41, 5.74) is -0.110. The van der Waals surface area contributed by atoms with Crippen molar-refractivity contribution in [3.05, 3.63) is 0 Å². The van der Waals surface area contributed by atoms with Gasteiger partial charge < -0.3 is 10.4 Å². The Hall–Kier alpha value is -0.160. The zero-order valence-electron chi connectivity index (χ0n) is 12.3. The zero-order chi connectivity index (χ0) is 13.3. The Kier molecular flexibility index (Phi) is 4.13. The molecule has 110 valence electrons. The van der Waals surface area contributed by atoms with Crippen LogP contribution in [0.3, 0.4) is 0 Å². The molecule has 3 aliphatic rings. The smallest absolute Gasteiger partial charge is 0.0623 e. The molecule has 19 heavy (non-hydrogen) atoms. The van der Waals surface area contributed by atoms with E-state index in [1.54, 1.807) is 0 Å². The average Bonchev–Trinajstić information content (AvgIpc) is 2.90. The number of hydrogen-bond acceptors (Lipinski definition) is 4. The minimum atomic E-state index is -0.110. The highest BCUT2D eigenvalue weighted by Gasteiger charge is 2.36. The minimum absolute atomic E-state index is 0.110. The maximum absolute atomic E-state index is 9.70. The van der Waals surface area contributed by atoms with Crippen molar-refractivity contribution in [1.82, 2.24) is 15.1 Å². The topological polar surface area (TPSA) is 38.7 Å². The van der Waals surface area contributed by atoms with Crippen LogP contribution in [-0.2, 0) is 0 Å². The lowest BCUT2D eigenvalue weighted by molar-refractivity contribution is 0.125. The van der Waals surface area contributed by atoms with Crippen molar-refractivity contribution in [2.24, 2.45) is 0 Å². The molecule has 2 aliphatic heterocycles. The molecule has 4 nitrogen and oxygen atoms in total. The Morgan fingerprint density at radius 1 is 1.16 bits per heavy atom. The van der Waals surface area contributed by atoms with Crippen LogP contribution in [0.1, 0.15) is 39.0 Å². The second-order valence-corrected chi connectivity index (χ2v) is 7.06. The molecule has 0 radical (unpaired) electrons. The molecular formula is C15H29N3O. The number of rotatable bonds is 6. The predicted molar refractivity (Wildman–Crippen MR) is 77.3 cm³/mol. The van der Waals surface area contributed by atoms with Crippen LogP contribution in [0.4, 0.5) is 0 Å². The first-order valence-corrected chi connectivity index (χ1v) is 8.03. The van der Waals surface area contributed by atoms with Gasteiger partial charge >= 0.3 is 0 Å². The van der Waals surface area contributed by atoms with E-state index in [2.05, 4.69) is 22.0 Å². The van der Waals surface area contributed by atoms with E-state index in [0.29, 0.717) is 6.04 Å². The quantitative estimate of drug-likeness (QED) is 0.741. The van der Waals surface area contributed by atoms with Crippen molar-refractivity contribution in [3.63, 3.8) is 0 Å². The molecule has 1 saturated carbocycles. The summed E-state index contributed by atoms with van der Waals surface area (Å²) in [5.74, 6) is 0. The third-order valence-corrected chi connectivity index (χ3v) is 4.96. The average molecular weight is 267 g/mol. The molecule has 2 unspecified atom stereocenters. The van der Waals surface area contributed by atoms with Crippen molar-refractivity contribution < 1.29 is 5.11 Å². The number of aliphatic hydroxyl groups is 1. The molecule has 1 aliphatic carbocycles. The molecule has 0 aromatic carbocycles. The fraction of sp³-hybridized carbons (Fsp3) is 1.00. The highest BCUT2D eigenvalue weighted by Crippen LogP contribution is 2.25. The maximum atomic E-state index is 9.70. The van der Waals surface area contributed by atoms with Gasteiger partial charge in [0.1, 0.15) is 0 Å². The molecule has 0 amide bonds. The molecule has 0 spiro atoms. The first-order valence-electron chi connectivity index (χ1n) is 8.03. The number of likely N-dealkylation sites (tertiary alicyclic amines) is 2. The summed E-state index contributed by atoms with van der Waals surface area (Å²) in [6.07, 6.45) is 6.64. The van der Waals surface area contributed by atoms with Crippen molar-refractivity contribution in [3.8, 4) is 0 Å². The summed E-state index contributed by atoms with van der Waals surface area (Å²) in [4.78, 5) is 5.22. The molecule has 2 N–H and O–H groups in total. The third kappa shape index (κ3) is 3.48. The van der Waals surface area contributed by atoms with Gasteiger partial charge in [-0.05, 0) is 58.7 Å². The molecule has 4 heteroatoms. The van der Waals surface area contributed by atoms with E-state index in [9.17, 15) is 5.11 Å². The first-order chi connectivity index (χ1) is 9.18. The number of aliphatic hydroxyl groups excluding tert-OH is 1. The van der Waals surface area contributed by atoms with Crippen molar-refractivity contribution in [2.45, 2.75) is 56.7 Å². The molecule has 0 aromatic rings. The van der Waals surface area contributed by atoms with Crippen LogP contribution in [0.2, 0.25) is 0 Å². The number of nitrogens with zero attached hydrogens (tertiary/aromatic N) is 2. The lowest BCUT2D eigenvalue weighted by Crippen LogP contribution is -2.54. The lowest BCUT2D eigenvalue weighted by atomic mass is 10.0. The van der Waals surface area contributed by atoms with E-state index in [1.165, 1.54) is 58.3 Å². The van der Waals surface area contributed by atoms with Gasteiger partial charge in [-0.25, -0.2) is 0 Å². The standard InChI is InChI=1S/C15H29N3O/c1-15(12-19,16-13-4-5-13)11-17-9-6-14(10-17)18-7-2-3-8-18/h13-14,16,19H,2-12H2,1H3. The van der Waals surface area contributed by atoms with Gasteiger partial charge in [-0.15, -0.1) is 0 Å². The maximum Gasteiger partial charge on any atom is 0.0623 e. The van der Waals surface area contributed by atoms with Gasteiger partial charge in [0, 0.05) is 25.2 Å². The third-order valence-electron chi connectivity index (χ3n) is 4.96. The molecule has 0 aromatic heterocycles. The summed E-state index contributed by atoms with van der Waals surface area (Å²) in [5, 5.41) is 13.3. The lowest BCUT2D eigenvalue weighted by Gasteiger charge is -2.34. The highest BCUT2D eigenvalue weighted by atomic mass is 16.3. The minimum Gasteiger partial charge on any atom is -0.394 e. The largest absolute Gasteiger partial charge is 0.394 e. The van der Waals surface area contributed by atoms with E-state index in [1.807, 2.05) is 0 Å². The molecule has 2 saturated heterocycles. The fourth-order valence-electron chi connectivity index (χ4n) is 3.72. The Labute approximate surface area is 117 Å². The van der Waals surface area contributed by atoms with E-state index < -0.39 is 0 Å². The van der Waals surface area contributed by atoms with E-state index in [4.69, 9.17) is 0 Å². The first kappa shape index (κ1) is 13.8. The molecule has 3 fully saturated rings. The molecule has 2 heterocycles. The Balaban J connectivity index is 1.49. The summed E-state index contributed by atoms with van der Waals surface area (Å²) in [7, 11) is 0. The van der Waals surface area contributed by atoms with Gasteiger partial charge in [-0.3, -0.25) is 9.80 Å². The van der Waals surface area contributed by atoms with Crippen LogP contribution in [0.15, 0.2) is 0 Å². The highest BCUT2D eigenvalue weighted by molar-refractivity contribution is 4.96. The monoisotopic (exact) mass is 267 g/mol. The van der Waals surface area contributed by atoms with E-state index in [-0.39, 0.29) is 12.1 Å². The summed E-state index contributed by atoms with van der Waals surface area (Å²) >= 11 is 0. The van der Waals surface area contributed by atoms with Crippen LogP contribution in [0.25, 0.3) is 0 Å². The zero-order valence-corrected chi connectivity index (χ0v) is 12.3. The van der Waals surface area contributed by atoms with Gasteiger partial charge in [0.05, 0.1) is 12.1 Å². The molecule has 2 atom stereocenters. The predicted octanol–water partition coefficient (Wildman–Crippen LogP) is 0.660. The summed E-state index contributed by atoms with van der Waals surface area (Å²) < 4.78 is 0. The van der Waals surface area contributed by atoms with E-state index >= 15 is 0 Å². The molecule has 3 rings (SSSR count). The second-order valence-electron chi connectivity index (χ2n) is 7.06. The van der Waals surface area contributed by atoms with Crippen LogP contribution >= 0.6 is 0 Å². The van der Waals surface area contributed by atoms with Gasteiger partial charge in [0.2, 0.25) is 0 Å². The SMILES string of the molecule is CC(CO)(CN1CCC(N2CCCC2)C1)NC1CC1. The number of nitrogens with one attached hydrogen (secondary N) is 1. The van der Waals surface area contributed by atoms with Gasteiger partial charge in [0.15, 0.2) is 0 Å². The van der Waals surface area contributed by atoms with Crippen LogP contribution in [0, 0.1) is 0 Å². The van der Waals surface area contributed by atoms with Crippen molar-refractivity contribution >= 4 is 0 Å². The molecular weight excluding hydrogens is 238 g/mol. The molecule has 0 bridgehead atoms. The van der Waals surface area contributed by atoms with Crippen molar-refractivity contribution in [1.29, 1.82) is 0 Å².